The van der Waals surface area contributed by atoms with Crippen LogP contribution in [0.2, 0.25) is 0 Å². The van der Waals surface area contributed by atoms with Gasteiger partial charge < -0.3 is 9.90 Å². The zero-order valence-corrected chi connectivity index (χ0v) is 6.50. The zero-order chi connectivity index (χ0) is 7.49. The van der Waals surface area contributed by atoms with Gasteiger partial charge in [-0.05, 0) is 6.42 Å². The lowest BCUT2D eigenvalue weighted by Crippen LogP contribution is -2.39. The highest BCUT2D eigenvalue weighted by molar-refractivity contribution is 6.57. The Hall–Kier alpha value is 0.0500. The predicted molar refractivity (Wildman–Crippen MR) is 34.4 cm³/mol. The number of carboxylic acid groups (broad SMARTS) is 1. The number of rotatable bonds is 3. The van der Waals surface area contributed by atoms with E-state index in [4.69, 9.17) is 23.2 Å². The van der Waals surface area contributed by atoms with Crippen LogP contribution < -0.4 is 5.11 Å². The van der Waals surface area contributed by atoms with Crippen LogP contribution in [0.3, 0.4) is 0 Å². The number of hydrogen-bond donors (Lipinski definition) is 0. The van der Waals surface area contributed by atoms with Crippen LogP contribution >= 0.6 is 23.2 Å². The molecule has 0 N–H and O–H groups in total. The van der Waals surface area contributed by atoms with E-state index in [1.165, 1.54) is 0 Å². The van der Waals surface area contributed by atoms with E-state index in [-0.39, 0.29) is 6.42 Å². The Morgan fingerprint density at radius 3 is 2.22 bits per heavy atom. The summed E-state index contributed by atoms with van der Waals surface area (Å²) in [6, 6.07) is 0. The number of aliphatic carboxylic acids is 1. The standard InChI is InChI=1S/C5H8Cl2O2/c1-2-3-5(6,7)4(8)9/h2-3H2,1H3,(H,8,9)/p-1. The molecule has 9 heavy (non-hydrogen) atoms. The first-order valence-corrected chi connectivity index (χ1v) is 3.35. The van der Waals surface area contributed by atoms with Crippen molar-refractivity contribution in [3.8, 4) is 0 Å². The molecule has 0 aliphatic carbocycles. The summed E-state index contributed by atoms with van der Waals surface area (Å²) in [5.74, 6) is -1.42. The van der Waals surface area contributed by atoms with Crippen LogP contribution in [0.15, 0.2) is 0 Å². The molecule has 0 radical (unpaired) electrons. The smallest absolute Gasteiger partial charge is 0.157 e. The van der Waals surface area contributed by atoms with Crippen LogP contribution in [-0.4, -0.2) is 10.3 Å². The third-order valence-corrected chi connectivity index (χ3v) is 1.55. The summed E-state index contributed by atoms with van der Waals surface area (Å²) in [4.78, 5) is 10.0. The molecule has 0 saturated carbocycles. The van der Waals surface area contributed by atoms with Crippen LogP contribution in [0.4, 0.5) is 0 Å². The van der Waals surface area contributed by atoms with Crippen molar-refractivity contribution in [1.82, 2.24) is 0 Å². The molecule has 0 heterocycles. The second kappa shape index (κ2) is 3.28. The molecule has 0 aromatic heterocycles. The number of carboxylic acids is 1. The van der Waals surface area contributed by atoms with E-state index in [9.17, 15) is 9.90 Å². The van der Waals surface area contributed by atoms with Gasteiger partial charge in [-0.3, -0.25) is 0 Å². The number of carbonyl (C=O) groups excluding carboxylic acids is 1. The Morgan fingerprint density at radius 1 is 1.67 bits per heavy atom. The second-order valence-electron chi connectivity index (χ2n) is 1.74. The molecule has 2 nitrogen and oxygen atoms in total. The fourth-order valence-corrected chi connectivity index (χ4v) is 0.794. The molecule has 54 valence electrons. The summed E-state index contributed by atoms with van der Waals surface area (Å²) >= 11 is 10.5. The molecule has 0 rings (SSSR count). The van der Waals surface area contributed by atoms with Gasteiger partial charge in [-0.25, -0.2) is 0 Å². The van der Waals surface area contributed by atoms with E-state index in [1.54, 1.807) is 6.92 Å². The van der Waals surface area contributed by atoms with E-state index in [1.807, 2.05) is 0 Å². The maximum atomic E-state index is 10.0. The molecule has 0 saturated heterocycles. The van der Waals surface area contributed by atoms with Gasteiger partial charge in [0.05, 0.1) is 5.97 Å². The van der Waals surface area contributed by atoms with Crippen LogP contribution in [0.1, 0.15) is 19.8 Å². The van der Waals surface area contributed by atoms with Gasteiger partial charge in [-0.1, -0.05) is 36.5 Å². The topological polar surface area (TPSA) is 40.1 Å². The summed E-state index contributed by atoms with van der Waals surface area (Å²) < 4.78 is -1.70. The summed E-state index contributed by atoms with van der Waals surface area (Å²) in [6.07, 6.45) is 0.847. The monoisotopic (exact) mass is 169 g/mol. The minimum absolute atomic E-state index is 0.221. The minimum atomic E-state index is -1.70. The third-order valence-electron chi connectivity index (χ3n) is 0.863. The largest absolute Gasteiger partial charge is 0.547 e. The van der Waals surface area contributed by atoms with Crippen molar-refractivity contribution in [3.63, 3.8) is 0 Å². The van der Waals surface area contributed by atoms with Crippen molar-refractivity contribution < 1.29 is 9.90 Å². The lowest BCUT2D eigenvalue weighted by Gasteiger charge is -2.18. The molecule has 4 heteroatoms. The van der Waals surface area contributed by atoms with Gasteiger partial charge in [0.1, 0.15) is 0 Å². The Morgan fingerprint density at radius 2 is 2.11 bits per heavy atom. The first-order valence-electron chi connectivity index (χ1n) is 2.60. The average molecular weight is 170 g/mol. The Bertz CT molecular complexity index is 112. The highest BCUT2D eigenvalue weighted by atomic mass is 35.5. The normalized spacial score (nSPS) is 11.4. The molecule has 0 atom stereocenters. The highest BCUT2D eigenvalue weighted by Gasteiger charge is 2.23. The van der Waals surface area contributed by atoms with Crippen LogP contribution in [-0.2, 0) is 4.79 Å². The first-order chi connectivity index (χ1) is 4.00. The molecule has 0 amide bonds. The van der Waals surface area contributed by atoms with Crippen LogP contribution in [0.25, 0.3) is 0 Å². The van der Waals surface area contributed by atoms with E-state index < -0.39 is 10.3 Å². The second-order valence-corrected chi connectivity index (χ2v) is 3.23. The van der Waals surface area contributed by atoms with Crippen molar-refractivity contribution in [2.24, 2.45) is 0 Å². The van der Waals surface area contributed by atoms with Gasteiger partial charge in [-0.2, -0.15) is 0 Å². The molecule has 0 aromatic carbocycles. The Balaban J connectivity index is 3.85. The number of hydrogen-bond acceptors (Lipinski definition) is 2. The van der Waals surface area contributed by atoms with Gasteiger partial charge in [0.15, 0.2) is 4.33 Å². The van der Waals surface area contributed by atoms with Crippen LogP contribution in [0.5, 0.6) is 0 Å². The number of alkyl halides is 2. The maximum absolute atomic E-state index is 10.0. The summed E-state index contributed by atoms with van der Waals surface area (Å²) in [6.45, 7) is 1.79. The van der Waals surface area contributed by atoms with E-state index in [0.717, 1.165) is 0 Å². The quantitative estimate of drug-likeness (QED) is 0.585. The van der Waals surface area contributed by atoms with Gasteiger partial charge in [-0.15, -0.1) is 0 Å². The molecule has 0 aromatic rings. The van der Waals surface area contributed by atoms with Crippen molar-refractivity contribution in [2.45, 2.75) is 24.1 Å². The predicted octanol–water partition coefficient (Wildman–Crippen LogP) is 0.710. The molecule has 0 spiro atoms. The van der Waals surface area contributed by atoms with E-state index in [2.05, 4.69) is 0 Å². The summed E-state index contributed by atoms with van der Waals surface area (Å²) in [5.41, 5.74) is 0. The Labute approximate surface area is 63.8 Å². The minimum Gasteiger partial charge on any atom is -0.547 e. The molecule has 0 unspecified atom stereocenters. The fraction of sp³-hybridized carbons (Fsp3) is 0.800. The number of carbonyl (C=O) groups is 1. The Kier molecular flexibility index (Phi) is 3.30. The zero-order valence-electron chi connectivity index (χ0n) is 4.99. The summed E-state index contributed by atoms with van der Waals surface area (Å²) in [5, 5.41) is 10.0. The van der Waals surface area contributed by atoms with Gasteiger partial charge >= 0.3 is 0 Å². The molecule has 0 aliphatic rings. The van der Waals surface area contributed by atoms with Gasteiger partial charge in [0.2, 0.25) is 0 Å². The first kappa shape index (κ1) is 9.05. The molecule has 0 aliphatic heterocycles. The van der Waals surface area contributed by atoms with Crippen LogP contribution in [0, 0.1) is 0 Å². The molecule has 0 bridgehead atoms. The third kappa shape index (κ3) is 2.92. The van der Waals surface area contributed by atoms with Crippen molar-refractivity contribution >= 4 is 29.2 Å². The molecule has 0 fully saturated rings. The van der Waals surface area contributed by atoms with E-state index in [0.29, 0.717) is 6.42 Å². The van der Waals surface area contributed by atoms with Crippen molar-refractivity contribution in [1.29, 1.82) is 0 Å². The molecular formula is C5H7Cl2O2-. The van der Waals surface area contributed by atoms with E-state index >= 15 is 0 Å². The SMILES string of the molecule is CCCC(Cl)(Cl)C(=O)[O-]. The van der Waals surface area contributed by atoms with Gasteiger partial charge in [0.25, 0.3) is 0 Å². The van der Waals surface area contributed by atoms with Crippen molar-refractivity contribution in [2.75, 3.05) is 0 Å². The lowest BCUT2D eigenvalue weighted by molar-refractivity contribution is -0.306. The average Bonchev–Trinajstić information content (AvgIpc) is 1.65. The van der Waals surface area contributed by atoms with Gasteiger partial charge in [0, 0.05) is 0 Å². The number of halogens is 2. The molecular weight excluding hydrogens is 163 g/mol. The fourth-order valence-electron chi connectivity index (χ4n) is 0.416. The summed E-state index contributed by atoms with van der Waals surface area (Å²) in [7, 11) is 0. The lowest BCUT2D eigenvalue weighted by atomic mass is 10.2. The van der Waals surface area contributed by atoms with Crippen molar-refractivity contribution in [3.05, 3.63) is 0 Å². The highest BCUT2D eigenvalue weighted by Crippen LogP contribution is 2.25. The maximum Gasteiger partial charge on any atom is 0.157 e.